The van der Waals surface area contributed by atoms with Gasteiger partial charge in [-0.2, -0.15) is 0 Å². The van der Waals surface area contributed by atoms with Crippen molar-refractivity contribution in [2.24, 2.45) is 5.73 Å². The second kappa shape index (κ2) is 10.5. The molecule has 0 saturated heterocycles. The molecule has 9 nitrogen and oxygen atoms in total. The third-order valence-corrected chi connectivity index (χ3v) is 6.72. The van der Waals surface area contributed by atoms with Crippen molar-refractivity contribution in [1.82, 2.24) is 14.9 Å². The van der Waals surface area contributed by atoms with Gasteiger partial charge in [-0.3, -0.25) is 14.4 Å². The van der Waals surface area contributed by atoms with E-state index in [1.54, 1.807) is 11.7 Å². The van der Waals surface area contributed by atoms with Crippen LogP contribution in [0.15, 0.2) is 29.1 Å². The summed E-state index contributed by atoms with van der Waals surface area (Å²) in [7, 11) is 1.63. The quantitative estimate of drug-likeness (QED) is 0.344. The number of nitrogens with one attached hydrogen (secondary N) is 1. The first-order valence-electron chi connectivity index (χ1n) is 12.2. The van der Waals surface area contributed by atoms with Crippen LogP contribution in [0.5, 0.6) is 5.75 Å². The van der Waals surface area contributed by atoms with Gasteiger partial charge < -0.3 is 25.1 Å². The summed E-state index contributed by atoms with van der Waals surface area (Å²) in [6, 6.07) is 7.62. The Morgan fingerprint density at radius 2 is 2.00 bits per heavy atom. The number of benzene rings is 1. The molecule has 4 rings (SSSR count). The minimum Gasteiger partial charge on any atom is -0.497 e. The summed E-state index contributed by atoms with van der Waals surface area (Å²) >= 11 is 0. The van der Waals surface area contributed by atoms with Gasteiger partial charge in [0.25, 0.3) is 5.56 Å². The molecule has 0 bridgehead atoms. The van der Waals surface area contributed by atoms with E-state index < -0.39 is 11.9 Å². The zero-order valence-corrected chi connectivity index (χ0v) is 21.1. The molecular formula is C27H32N4O5. The summed E-state index contributed by atoms with van der Waals surface area (Å²) in [6.45, 7) is 6.05. The number of nitrogens with two attached hydrogens (primary N) is 1. The average Bonchev–Trinajstić information content (AvgIpc) is 3.24. The molecule has 0 radical (unpaired) electrons. The van der Waals surface area contributed by atoms with Gasteiger partial charge in [-0.15, -0.1) is 0 Å². The van der Waals surface area contributed by atoms with E-state index in [0.29, 0.717) is 42.9 Å². The molecular weight excluding hydrogens is 460 g/mol. The van der Waals surface area contributed by atoms with Crippen molar-refractivity contribution >= 4 is 22.8 Å². The van der Waals surface area contributed by atoms with Crippen molar-refractivity contribution in [3.8, 4) is 17.1 Å². The number of esters is 1. The first-order chi connectivity index (χ1) is 17.3. The fraction of sp³-hybridized carbons (Fsp3) is 0.407. The third-order valence-electron chi connectivity index (χ3n) is 6.72. The zero-order valence-electron chi connectivity index (χ0n) is 21.1. The van der Waals surface area contributed by atoms with E-state index in [2.05, 4.69) is 12.2 Å². The predicted octanol–water partition coefficient (Wildman–Crippen LogP) is 2.63. The first-order valence-corrected chi connectivity index (χ1v) is 12.2. The van der Waals surface area contributed by atoms with Gasteiger partial charge in [-0.1, -0.05) is 13.8 Å². The van der Waals surface area contributed by atoms with E-state index in [4.69, 9.17) is 20.2 Å². The van der Waals surface area contributed by atoms with E-state index in [1.807, 2.05) is 31.2 Å². The molecule has 1 aliphatic heterocycles. The monoisotopic (exact) mass is 492 g/mol. The molecule has 0 fully saturated rings. The van der Waals surface area contributed by atoms with Gasteiger partial charge in [0.05, 0.1) is 42.0 Å². The molecule has 2 aromatic heterocycles. The van der Waals surface area contributed by atoms with Crippen molar-refractivity contribution in [3.63, 3.8) is 0 Å². The van der Waals surface area contributed by atoms with Crippen LogP contribution in [0.1, 0.15) is 55.4 Å². The number of nitrogens with zero attached hydrogens (tertiary/aromatic N) is 2. The van der Waals surface area contributed by atoms with Crippen molar-refractivity contribution in [1.29, 1.82) is 0 Å². The fourth-order valence-electron chi connectivity index (χ4n) is 4.98. The highest BCUT2D eigenvalue weighted by molar-refractivity contribution is 5.89. The Labute approximate surface area is 209 Å². The van der Waals surface area contributed by atoms with Crippen LogP contribution in [0.25, 0.3) is 22.3 Å². The number of methoxy groups -OCH3 is 1. The Hall–Kier alpha value is -3.72. The molecule has 190 valence electrons. The molecule has 3 heterocycles. The molecule has 36 heavy (non-hydrogen) atoms. The Balaban J connectivity index is 1.94. The van der Waals surface area contributed by atoms with Crippen LogP contribution in [0.4, 0.5) is 0 Å². The van der Waals surface area contributed by atoms with Crippen molar-refractivity contribution in [2.45, 2.75) is 52.7 Å². The molecule has 0 aliphatic carbocycles. The van der Waals surface area contributed by atoms with Crippen molar-refractivity contribution in [3.05, 3.63) is 56.9 Å². The molecule has 1 amide bonds. The lowest BCUT2D eigenvalue weighted by molar-refractivity contribution is -0.142. The van der Waals surface area contributed by atoms with E-state index in [1.165, 1.54) is 6.92 Å². The number of amides is 1. The van der Waals surface area contributed by atoms with Crippen molar-refractivity contribution in [2.75, 3.05) is 20.2 Å². The van der Waals surface area contributed by atoms with Crippen LogP contribution >= 0.6 is 0 Å². The number of carbonyl (C=O) groups excluding carboxylic acids is 2. The third kappa shape index (κ3) is 4.46. The van der Waals surface area contributed by atoms with Crippen LogP contribution in [0.2, 0.25) is 0 Å². The fourth-order valence-corrected chi connectivity index (χ4v) is 4.98. The highest BCUT2D eigenvalue weighted by atomic mass is 16.5. The molecule has 9 heteroatoms. The summed E-state index contributed by atoms with van der Waals surface area (Å²) in [6.07, 6.45) is 1.22. The number of rotatable bonds is 9. The van der Waals surface area contributed by atoms with Gasteiger partial charge >= 0.3 is 5.97 Å². The molecule has 1 unspecified atom stereocenters. The van der Waals surface area contributed by atoms with Crippen LogP contribution in [-0.4, -0.2) is 41.6 Å². The number of aryl methyl sites for hydroxylation is 1. The van der Waals surface area contributed by atoms with Crippen LogP contribution in [0, 0.1) is 0 Å². The maximum atomic E-state index is 13.8. The SMILES string of the molecule is CCc1c2c(nc3ccc(OC)cc13)-c1cc(C(CC)C(=O)NCCN)c(COC(C)=O)c(=O)n1C2. The van der Waals surface area contributed by atoms with E-state index in [9.17, 15) is 14.4 Å². The van der Waals surface area contributed by atoms with Crippen LogP contribution in [0.3, 0.4) is 0 Å². The van der Waals surface area contributed by atoms with Gasteiger partial charge in [0, 0.05) is 31.0 Å². The second-order valence-corrected chi connectivity index (χ2v) is 8.83. The van der Waals surface area contributed by atoms with Crippen molar-refractivity contribution < 1.29 is 19.1 Å². The largest absolute Gasteiger partial charge is 0.497 e. The summed E-state index contributed by atoms with van der Waals surface area (Å²) in [5, 5.41) is 3.82. The summed E-state index contributed by atoms with van der Waals surface area (Å²) in [5.74, 6) is -0.570. The predicted molar refractivity (Wildman–Crippen MR) is 137 cm³/mol. The lowest BCUT2D eigenvalue weighted by Gasteiger charge is -2.20. The smallest absolute Gasteiger partial charge is 0.302 e. The maximum absolute atomic E-state index is 13.8. The van der Waals surface area contributed by atoms with Crippen LogP contribution in [-0.2, 0) is 33.9 Å². The number of hydrogen-bond donors (Lipinski definition) is 2. The second-order valence-electron chi connectivity index (χ2n) is 8.83. The Bertz CT molecular complexity index is 1400. The van der Waals surface area contributed by atoms with Gasteiger partial charge in [-0.05, 0) is 48.2 Å². The number of hydrogen-bond acceptors (Lipinski definition) is 7. The van der Waals surface area contributed by atoms with E-state index in [-0.39, 0.29) is 18.1 Å². The van der Waals surface area contributed by atoms with Gasteiger partial charge in [0.15, 0.2) is 0 Å². The zero-order chi connectivity index (χ0) is 26.0. The Morgan fingerprint density at radius 1 is 1.22 bits per heavy atom. The summed E-state index contributed by atoms with van der Waals surface area (Å²) in [5.41, 5.74) is 10.4. The standard InChI is InChI=1S/C27H32N4O5/c1-5-17-20-11-16(35-4)7-8-23(20)30-25-21(17)13-31-24(25)12-19(18(6-2)26(33)29-10-9-28)22(27(31)34)14-36-15(3)32/h7-8,11-12,18H,5-6,9-10,13-14,28H2,1-4H3,(H,29,33). The molecule has 1 aliphatic rings. The molecule has 3 aromatic rings. The molecule has 0 spiro atoms. The summed E-state index contributed by atoms with van der Waals surface area (Å²) in [4.78, 5) is 43.3. The maximum Gasteiger partial charge on any atom is 0.302 e. The number of ether oxygens (including phenoxy) is 2. The highest BCUT2D eigenvalue weighted by Crippen LogP contribution is 2.38. The van der Waals surface area contributed by atoms with E-state index in [0.717, 1.165) is 39.9 Å². The minimum absolute atomic E-state index is 0.200. The topological polar surface area (TPSA) is 126 Å². The number of aromatic nitrogens is 2. The normalized spacial score (nSPS) is 12.7. The lowest BCUT2D eigenvalue weighted by Crippen LogP contribution is -2.35. The number of carbonyl (C=O) groups is 2. The molecule has 3 N–H and O–H groups in total. The Morgan fingerprint density at radius 3 is 2.64 bits per heavy atom. The molecule has 1 atom stereocenters. The minimum atomic E-state index is -0.597. The summed E-state index contributed by atoms with van der Waals surface area (Å²) < 4.78 is 12.3. The Kier molecular flexibility index (Phi) is 7.40. The van der Waals surface area contributed by atoms with Gasteiger partial charge in [0.2, 0.25) is 5.91 Å². The molecule has 0 saturated carbocycles. The average molecular weight is 493 g/mol. The lowest BCUT2D eigenvalue weighted by atomic mass is 9.91. The van der Waals surface area contributed by atoms with E-state index >= 15 is 0 Å². The van der Waals surface area contributed by atoms with Crippen LogP contribution < -0.4 is 21.3 Å². The highest BCUT2D eigenvalue weighted by Gasteiger charge is 2.31. The number of fused-ring (bicyclic) bond motifs is 4. The molecule has 1 aromatic carbocycles. The number of pyridine rings is 2. The van der Waals surface area contributed by atoms with Gasteiger partial charge in [0.1, 0.15) is 12.4 Å². The first kappa shape index (κ1) is 25.4. The van der Waals surface area contributed by atoms with Gasteiger partial charge in [-0.25, -0.2) is 4.98 Å².